The van der Waals surface area contributed by atoms with E-state index >= 15 is 0 Å². The van der Waals surface area contributed by atoms with E-state index in [2.05, 4.69) is 35.4 Å². The molecular formula is C14H18N2O. The molecule has 0 unspecified atom stereocenters. The van der Waals surface area contributed by atoms with Gasteiger partial charge in [-0.1, -0.05) is 12.1 Å². The molecule has 2 rings (SSSR count). The Morgan fingerprint density at radius 3 is 2.59 bits per heavy atom. The molecule has 1 aromatic carbocycles. The Balaban J connectivity index is 1.92. The fraction of sp³-hybridized carbons (Fsp3) is 0.286. The van der Waals surface area contributed by atoms with Crippen LogP contribution in [-0.4, -0.2) is 12.1 Å². The molecule has 2 aromatic rings. The van der Waals surface area contributed by atoms with Gasteiger partial charge in [-0.3, -0.25) is 0 Å². The summed E-state index contributed by atoms with van der Waals surface area (Å²) in [6.45, 7) is 3.00. The van der Waals surface area contributed by atoms with E-state index < -0.39 is 0 Å². The van der Waals surface area contributed by atoms with Crippen molar-refractivity contribution in [2.45, 2.75) is 19.5 Å². The van der Waals surface area contributed by atoms with E-state index in [9.17, 15) is 0 Å². The van der Waals surface area contributed by atoms with E-state index in [1.165, 1.54) is 11.3 Å². The quantitative estimate of drug-likeness (QED) is 0.828. The Labute approximate surface area is 102 Å². The summed E-state index contributed by atoms with van der Waals surface area (Å²) >= 11 is 0. The fourth-order valence-electron chi connectivity index (χ4n) is 1.75. The second-order valence-corrected chi connectivity index (χ2v) is 4.07. The Bertz CT molecular complexity index is 434. The topological polar surface area (TPSA) is 37.0 Å². The van der Waals surface area contributed by atoms with E-state index in [4.69, 9.17) is 4.74 Å². The number of H-pyrrole nitrogens is 1. The van der Waals surface area contributed by atoms with E-state index in [1.54, 1.807) is 7.11 Å². The van der Waals surface area contributed by atoms with Gasteiger partial charge in [0, 0.05) is 24.5 Å². The van der Waals surface area contributed by atoms with Crippen LogP contribution in [0, 0.1) is 0 Å². The molecule has 2 N–H and O–H groups in total. The van der Waals surface area contributed by atoms with Crippen molar-refractivity contribution in [3.05, 3.63) is 53.9 Å². The zero-order valence-corrected chi connectivity index (χ0v) is 10.2. The Morgan fingerprint density at radius 2 is 2.00 bits per heavy atom. The summed E-state index contributed by atoms with van der Waals surface area (Å²) in [7, 11) is 1.68. The highest BCUT2D eigenvalue weighted by atomic mass is 16.5. The molecule has 0 aliphatic carbocycles. The van der Waals surface area contributed by atoms with E-state index in [-0.39, 0.29) is 0 Å². The minimum absolute atomic E-state index is 0.323. The van der Waals surface area contributed by atoms with Crippen LogP contribution >= 0.6 is 0 Å². The molecule has 0 aliphatic rings. The standard InChI is InChI=1S/C14H18N2O/c1-11(16-10-13-4-3-9-15-13)12-5-7-14(17-2)8-6-12/h3-9,11,15-16H,10H2,1-2H3/t11-/m1/s1. The van der Waals surface area contributed by atoms with Crippen LogP contribution < -0.4 is 10.1 Å². The summed E-state index contributed by atoms with van der Waals surface area (Å²) in [5.41, 5.74) is 2.46. The second-order valence-electron chi connectivity index (χ2n) is 4.07. The van der Waals surface area contributed by atoms with Gasteiger partial charge in [0.05, 0.1) is 7.11 Å². The van der Waals surface area contributed by atoms with Gasteiger partial charge < -0.3 is 15.0 Å². The molecule has 17 heavy (non-hydrogen) atoms. The first kappa shape index (κ1) is 11.7. The van der Waals surface area contributed by atoms with Gasteiger partial charge in [-0.15, -0.1) is 0 Å². The average molecular weight is 230 g/mol. The smallest absolute Gasteiger partial charge is 0.118 e. The van der Waals surface area contributed by atoms with E-state index in [0.29, 0.717) is 6.04 Å². The number of hydrogen-bond donors (Lipinski definition) is 2. The average Bonchev–Trinajstić information content (AvgIpc) is 2.89. The van der Waals surface area contributed by atoms with E-state index in [0.717, 1.165) is 12.3 Å². The van der Waals surface area contributed by atoms with Crippen LogP contribution in [0.4, 0.5) is 0 Å². The zero-order chi connectivity index (χ0) is 12.1. The molecular weight excluding hydrogens is 212 g/mol. The van der Waals surface area contributed by atoms with Crippen molar-refractivity contribution < 1.29 is 4.74 Å². The normalized spacial score (nSPS) is 12.4. The summed E-state index contributed by atoms with van der Waals surface area (Å²) < 4.78 is 5.14. The van der Waals surface area contributed by atoms with Crippen LogP contribution in [0.1, 0.15) is 24.2 Å². The summed E-state index contributed by atoms with van der Waals surface area (Å²) in [6, 6.07) is 12.6. The number of nitrogens with one attached hydrogen (secondary N) is 2. The molecule has 1 heterocycles. The lowest BCUT2D eigenvalue weighted by Gasteiger charge is -2.14. The van der Waals surface area contributed by atoms with Gasteiger partial charge in [-0.05, 0) is 36.8 Å². The van der Waals surface area contributed by atoms with Gasteiger partial charge in [0.1, 0.15) is 5.75 Å². The van der Waals surface area contributed by atoms with Crippen molar-refractivity contribution in [2.24, 2.45) is 0 Å². The molecule has 0 saturated carbocycles. The number of rotatable bonds is 5. The molecule has 3 heteroatoms. The van der Waals surface area contributed by atoms with Crippen LogP contribution in [0.2, 0.25) is 0 Å². The molecule has 1 atom stereocenters. The highest BCUT2D eigenvalue weighted by molar-refractivity contribution is 5.28. The number of hydrogen-bond acceptors (Lipinski definition) is 2. The second kappa shape index (κ2) is 5.55. The van der Waals surface area contributed by atoms with Crippen molar-refractivity contribution in [3.63, 3.8) is 0 Å². The maximum absolute atomic E-state index is 5.14. The number of aromatic amines is 1. The first-order valence-corrected chi connectivity index (χ1v) is 5.79. The van der Waals surface area contributed by atoms with Gasteiger partial charge in [-0.25, -0.2) is 0 Å². The third kappa shape index (κ3) is 3.11. The lowest BCUT2D eigenvalue weighted by molar-refractivity contribution is 0.414. The molecule has 0 amide bonds. The lowest BCUT2D eigenvalue weighted by Crippen LogP contribution is -2.18. The third-order valence-corrected chi connectivity index (χ3v) is 2.88. The van der Waals surface area contributed by atoms with Gasteiger partial charge >= 0.3 is 0 Å². The van der Waals surface area contributed by atoms with Crippen molar-refractivity contribution in [1.82, 2.24) is 10.3 Å². The highest BCUT2D eigenvalue weighted by Crippen LogP contribution is 2.17. The molecule has 0 spiro atoms. The van der Waals surface area contributed by atoms with Crippen molar-refractivity contribution in [3.8, 4) is 5.75 Å². The molecule has 0 fully saturated rings. The van der Waals surface area contributed by atoms with Gasteiger partial charge in [-0.2, -0.15) is 0 Å². The highest BCUT2D eigenvalue weighted by Gasteiger charge is 2.04. The largest absolute Gasteiger partial charge is 0.497 e. The molecule has 0 saturated heterocycles. The van der Waals surface area contributed by atoms with Crippen LogP contribution in [0.3, 0.4) is 0 Å². The molecule has 0 aliphatic heterocycles. The number of aromatic nitrogens is 1. The third-order valence-electron chi connectivity index (χ3n) is 2.88. The Morgan fingerprint density at radius 1 is 1.24 bits per heavy atom. The first-order valence-electron chi connectivity index (χ1n) is 5.79. The summed E-state index contributed by atoms with van der Waals surface area (Å²) in [4.78, 5) is 3.18. The summed E-state index contributed by atoms with van der Waals surface area (Å²) in [6.07, 6.45) is 1.94. The van der Waals surface area contributed by atoms with Gasteiger partial charge in [0.2, 0.25) is 0 Å². The monoisotopic (exact) mass is 230 g/mol. The Kier molecular flexibility index (Phi) is 3.83. The van der Waals surface area contributed by atoms with Gasteiger partial charge in [0.25, 0.3) is 0 Å². The summed E-state index contributed by atoms with van der Waals surface area (Å²) in [5.74, 6) is 0.894. The predicted octanol–water partition coefficient (Wildman–Crippen LogP) is 2.87. The molecule has 0 radical (unpaired) electrons. The van der Waals surface area contributed by atoms with Crippen molar-refractivity contribution in [1.29, 1.82) is 0 Å². The summed E-state index contributed by atoms with van der Waals surface area (Å²) in [5, 5.41) is 3.47. The molecule has 0 bridgehead atoms. The van der Waals surface area contributed by atoms with Crippen molar-refractivity contribution in [2.75, 3.05) is 7.11 Å². The van der Waals surface area contributed by atoms with Gasteiger partial charge in [0.15, 0.2) is 0 Å². The maximum Gasteiger partial charge on any atom is 0.118 e. The van der Waals surface area contributed by atoms with Crippen LogP contribution in [0.5, 0.6) is 5.75 Å². The minimum atomic E-state index is 0.323. The zero-order valence-electron chi connectivity index (χ0n) is 10.2. The predicted molar refractivity (Wildman–Crippen MR) is 69.0 cm³/mol. The van der Waals surface area contributed by atoms with Crippen LogP contribution in [-0.2, 0) is 6.54 Å². The Hall–Kier alpha value is -1.74. The SMILES string of the molecule is COc1ccc([C@@H](C)NCc2ccc[nH]2)cc1. The lowest BCUT2D eigenvalue weighted by atomic mass is 10.1. The van der Waals surface area contributed by atoms with Crippen LogP contribution in [0.25, 0.3) is 0 Å². The number of benzene rings is 1. The van der Waals surface area contributed by atoms with E-state index in [1.807, 2.05) is 24.4 Å². The minimum Gasteiger partial charge on any atom is -0.497 e. The van der Waals surface area contributed by atoms with Crippen molar-refractivity contribution >= 4 is 0 Å². The maximum atomic E-state index is 5.14. The fourth-order valence-corrected chi connectivity index (χ4v) is 1.75. The molecule has 3 nitrogen and oxygen atoms in total. The number of ether oxygens (including phenoxy) is 1. The number of methoxy groups -OCH3 is 1. The molecule has 90 valence electrons. The van der Waals surface area contributed by atoms with Crippen LogP contribution in [0.15, 0.2) is 42.6 Å². The first-order chi connectivity index (χ1) is 8.29. The molecule has 1 aromatic heterocycles.